The molecule has 2 N–H and O–H groups in total. The quantitative estimate of drug-likeness (QED) is 0.289. The van der Waals surface area contributed by atoms with Crippen LogP contribution in [0.15, 0.2) is 36.4 Å². The van der Waals surface area contributed by atoms with Crippen molar-refractivity contribution >= 4 is 20.1 Å². The molecule has 2 atom stereocenters. The van der Waals surface area contributed by atoms with Crippen molar-refractivity contribution in [1.29, 1.82) is 0 Å². The zero-order chi connectivity index (χ0) is 21.7. The third-order valence-electron chi connectivity index (χ3n) is 4.95. The third kappa shape index (κ3) is 5.33. The van der Waals surface area contributed by atoms with Gasteiger partial charge in [0.2, 0.25) is 0 Å². The van der Waals surface area contributed by atoms with Crippen molar-refractivity contribution in [1.82, 2.24) is 19.9 Å². The molecule has 0 spiro atoms. The van der Waals surface area contributed by atoms with Crippen LogP contribution in [-0.4, -0.2) is 62.6 Å². The van der Waals surface area contributed by atoms with Gasteiger partial charge in [0.1, 0.15) is 28.2 Å². The summed E-state index contributed by atoms with van der Waals surface area (Å²) in [4.78, 5) is 3.24. The van der Waals surface area contributed by atoms with Gasteiger partial charge in [-0.3, -0.25) is 4.90 Å². The highest BCUT2D eigenvalue weighted by Crippen LogP contribution is 2.31. The zero-order valence-corrected chi connectivity index (χ0v) is 18.8. The van der Waals surface area contributed by atoms with E-state index in [-0.39, 0.29) is 21.2 Å². The molecule has 0 aliphatic rings. The number of phenolic OH excluding ortho intramolecular Hbond substituents is 1. The van der Waals surface area contributed by atoms with Crippen LogP contribution in [0.5, 0.6) is 5.75 Å². The van der Waals surface area contributed by atoms with Crippen LogP contribution in [0.1, 0.15) is 25.0 Å². The number of aromatic hydroxyl groups is 1. The molecule has 0 fully saturated rings. The van der Waals surface area contributed by atoms with Crippen LogP contribution in [-0.2, 0) is 15.5 Å². The predicted molar refractivity (Wildman–Crippen MR) is 118 cm³/mol. The molecule has 0 saturated heterocycles. The summed E-state index contributed by atoms with van der Waals surface area (Å²) in [6.45, 7) is 7.16. The van der Waals surface area contributed by atoms with Crippen LogP contribution in [0.3, 0.4) is 0 Å². The van der Waals surface area contributed by atoms with Crippen molar-refractivity contribution < 1.29 is 19.3 Å². The molecule has 0 saturated carbocycles. The number of fused-ring (bicyclic) bond motifs is 1. The monoisotopic (exact) mass is 432 g/mol. The Hall–Kier alpha value is -2.09. The number of hydrogen-bond donors (Lipinski definition) is 2. The first-order valence-corrected chi connectivity index (χ1v) is 10.7. The maximum Gasteiger partial charge on any atom is 0.155 e. The normalized spacial score (nSPS) is 14.2. The van der Waals surface area contributed by atoms with E-state index in [0.717, 1.165) is 16.6 Å². The summed E-state index contributed by atoms with van der Waals surface area (Å²) in [6.07, 6.45) is 0.235. The van der Waals surface area contributed by atoms with Crippen LogP contribution in [0.25, 0.3) is 16.7 Å². The summed E-state index contributed by atoms with van der Waals surface area (Å²) < 4.78 is 10.6. The predicted octanol–water partition coefficient (Wildman–Crippen LogP) is 3.18. The summed E-state index contributed by atoms with van der Waals surface area (Å²) in [5.74, 6) is 0.0589. The Balaban J connectivity index is 1.79. The minimum Gasteiger partial charge on any atom is -0.505 e. The Morgan fingerprint density at radius 3 is 2.47 bits per heavy atom. The smallest absolute Gasteiger partial charge is 0.155 e. The van der Waals surface area contributed by atoms with Crippen molar-refractivity contribution in [3.8, 4) is 11.4 Å². The number of hydrogen-bond acceptors (Lipinski definition) is 7. The summed E-state index contributed by atoms with van der Waals surface area (Å²) in [5.41, 5.74) is 2.38. The lowest BCUT2D eigenvalue weighted by Gasteiger charge is -2.34. The molecular formula is C21H29N4O4P. The van der Waals surface area contributed by atoms with E-state index in [1.807, 2.05) is 57.3 Å². The number of likely N-dealkylation sites (N-methyl/N-ethyl adjacent to an activating group) is 1. The molecule has 8 nitrogen and oxygen atoms in total. The SMILES string of the molecule is CCOPOCCN(C)C(C)(O)Cc1cc(C)cc(-n2nc3ccccc3n2)c1O. The molecule has 30 heavy (non-hydrogen) atoms. The van der Waals surface area contributed by atoms with Gasteiger partial charge in [-0.15, -0.1) is 15.0 Å². The molecule has 9 heteroatoms. The minimum absolute atomic E-state index is 0.00237. The maximum atomic E-state index is 11.0. The van der Waals surface area contributed by atoms with Gasteiger partial charge in [0.15, 0.2) is 9.03 Å². The molecule has 162 valence electrons. The Morgan fingerprint density at radius 2 is 1.83 bits per heavy atom. The van der Waals surface area contributed by atoms with Gasteiger partial charge < -0.3 is 19.3 Å². The number of phenols is 1. The molecular weight excluding hydrogens is 403 g/mol. The van der Waals surface area contributed by atoms with E-state index in [2.05, 4.69) is 10.2 Å². The van der Waals surface area contributed by atoms with Crippen molar-refractivity contribution in [2.45, 2.75) is 32.9 Å². The Bertz CT molecular complexity index is 959. The highest BCUT2D eigenvalue weighted by molar-refractivity contribution is 7.26. The van der Waals surface area contributed by atoms with Crippen molar-refractivity contribution in [3.63, 3.8) is 0 Å². The lowest BCUT2D eigenvalue weighted by atomic mass is 9.99. The van der Waals surface area contributed by atoms with Crippen LogP contribution in [0, 0.1) is 6.92 Å². The fourth-order valence-electron chi connectivity index (χ4n) is 3.15. The van der Waals surface area contributed by atoms with Crippen LogP contribution < -0.4 is 0 Å². The average molecular weight is 432 g/mol. The minimum atomic E-state index is -1.18. The third-order valence-corrected chi connectivity index (χ3v) is 5.68. The molecule has 0 amide bonds. The summed E-state index contributed by atoms with van der Waals surface area (Å²) in [7, 11) is 1.82. The van der Waals surface area contributed by atoms with Gasteiger partial charge in [0.25, 0.3) is 0 Å². The van der Waals surface area contributed by atoms with Gasteiger partial charge in [0, 0.05) is 18.5 Å². The number of aliphatic hydroxyl groups is 1. The molecule has 1 heterocycles. The van der Waals surface area contributed by atoms with Crippen LogP contribution in [0.4, 0.5) is 0 Å². The van der Waals surface area contributed by atoms with Crippen LogP contribution in [0.2, 0.25) is 0 Å². The Morgan fingerprint density at radius 1 is 1.17 bits per heavy atom. The van der Waals surface area contributed by atoms with Crippen molar-refractivity contribution in [3.05, 3.63) is 47.5 Å². The molecule has 3 rings (SSSR count). The second-order valence-electron chi connectivity index (χ2n) is 7.45. The molecule has 0 radical (unpaired) electrons. The Kier molecular flexibility index (Phi) is 7.39. The highest BCUT2D eigenvalue weighted by atomic mass is 31.1. The average Bonchev–Trinajstić information content (AvgIpc) is 3.14. The van der Waals surface area contributed by atoms with Gasteiger partial charge in [-0.1, -0.05) is 18.2 Å². The van der Waals surface area contributed by atoms with Gasteiger partial charge in [-0.05, 0) is 51.6 Å². The Labute approximate surface area is 178 Å². The fourth-order valence-corrected chi connectivity index (χ4v) is 3.53. The van der Waals surface area contributed by atoms with E-state index in [1.54, 1.807) is 11.8 Å². The number of rotatable bonds is 10. The standard InChI is InChI=1S/C21H29N4O4P/c1-5-28-30-29-11-10-24(4)21(3,27)14-16-12-15(2)13-19(20(16)26)25-22-17-8-6-7-9-18(17)23-25/h6-9,12-13,26-27,30H,5,10-11,14H2,1-4H3. The summed E-state index contributed by atoms with van der Waals surface area (Å²) in [6, 6.07) is 11.3. The number of nitrogens with zero attached hydrogens (tertiary/aromatic N) is 4. The number of aromatic nitrogens is 3. The van der Waals surface area contributed by atoms with E-state index in [4.69, 9.17) is 9.05 Å². The number of benzene rings is 2. The largest absolute Gasteiger partial charge is 0.505 e. The lowest BCUT2D eigenvalue weighted by molar-refractivity contribution is -0.0825. The van der Waals surface area contributed by atoms with Crippen molar-refractivity contribution in [2.24, 2.45) is 0 Å². The van der Waals surface area contributed by atoms with Crippen LogP contribution >= 0.6 is 9.03 Å². The molecule has 0 bridgehead atoms. The second kappa shape index (κ2) is 9.81. The van der Waals surface area contributed by atoms with Crippen molar-refractivity contribution in [2.75, 3.05) is 26.8 Å². The van der Waals surface area contributed by atoms with E-state index in [9.17, 15) is 10.2 Å². The maximum absolute atomic E-state index is 11.0. The van der Waals surface area contributed by atoms with E-state index >= 15 is 0 Å². The summed E-state index contributed by atoms with van der Waals surface area (Å²) >= 11 is 0. The molecule has 0 aliphatic carbocycles. The van der Waals surface area contributed by atoms with Gasteiger partial charge in [-0.25, -0.2) is 0 Å². The molecule has 2 aromatic carbocycles. The fraction of sp³-hybridized carbons (Fsp3) is 0.429. The first-order valence-electron chi connectivity index (χ1n) is 9.89. The van der Waals surface area contributed by atoms with Gasteiger partial charge >= 0.3 is 0 Å². The number of aryl methyl sites for hydroxylation is 1. The first kappa shape index (κ1) is 22.6. The topological polar surface area (TPSA) is 92.9 Å². The van der Waals surface area contributed by atoms with E-state index in [1.165, 1.54) is 4.80 Å². The van der Waals surface area contributed by atoms with Gasteiger partial charge in [-0.2, -0.15) is 0 Å². The highest BCUT2D eigenvalue weighted by Gasteiger charge is 2.28. The molecule has 2 unspecified atom stereocenters. The molecule has 3 aromatic rings. The first-order chi connectivity index (χ1) is 14.3. The second-order valence-corrected chi connectivity index (χ2v) is 8.19. The van der Waals surface area contributed by atoms with E-state index in [0.29, 0.717) is 31.0 Å². The molecule has 0 aliphatic heterocycles. The zero-order valence-electron chi connectivity index (χ0n) is 17.8. The van der Waals surface area contributed by atoms with E-state index < -0.39 is 5.72 Å². The lowest BCUT2D eigenvalue weighted by Crippen LogP contribution is -2.46. The molecule has 1 aromatic heterocycles. The summed E-state index contributed by atoms with van der Waals surface area (Å²) in [5, 5.41) is 30.9. The van der Waals surface area contributed by atoms with Gasteiger partial charge in [0.05, 0.1) is 13.2 Å².